The van der Waals surface area contributed by atoms with Crippen LogP contribution in [0.5, 0.6) is 0 Å². The van der Waals surface area contributed by atoms with Crippen molar-refractivity contribution in [1.82, 2.24) is 15.7 Å². The van der Waals surface area contributed by atoms with Crippen molar-refractivity contribution in [3.63, 3.8) is 0 Å². The Morgan fingerprint density at radius 2 is 2.32 bits per heavy atom. The molecule has 1 aromatic heterocycles. The first-order valence-electron chi connectivity index (χ1n) is 7.97. The summed E-state index contributed by atoms with van der Waals surface area (Å²) in [7, 11) is 0. The Hall–Kier alpha value is -1.75. The van der Waals surface area contributed by atoms with E-state index in [0.29, 0.717) is 11.2 Å². The Morgan fingerprint density at radius 1 is 1.36 bits per heavy atom. The summed E-state index contributed by atoms with van der Waals surface area (Å²) in [6.07, 6.45) is 13.9. The summed E-state index contributed by atoms with van der Waals surface area (Å²) in [5.41, 5.74) is 3.88. The van der Waals surface area contributed by atoms with Gasteiger partial charge >= 0.3 is 0 Å². The van der Waals surface area contributed by atoms with Gasteiger partial charge in [-0.15, -0.1) is 0 Å². The zero-order valence-corrected chi connectivity index (χ0v) is 13.2. The highest BCUT2D eigenvalue weighted by Gasteiger charge is 2.52. The van der Waals surface area contributed by atoms with E-state index >= 15 is 0 Å². The molecule has 5 heteroatoms. The standard InChI is InChI=1S/C17H20N4S/c22-17(21-19-10-11-3-2-6-18-9-11)20-16-8-12-7-15(16)14-5-1-4-13(12)14/h1-3,5-6,9-10,12-16H,4,7-8H2,(H2,20,21,22)/b19-10-/t12-,13-,14-,15-,16-/m0/s1. The average Bonchev–Trinajstić information content (AvgIpc) is 3.20. The summed E-state index contributed by atoms with van der Waals surface area (Å²) < 4.78 is 0. The van der Waals surface area contributed by atoms with Crippen molar-refractivity contribution in [2.24, 2.45) is 28.8 Å². The van der Waals surface area contributed by atoms with Gasteiger partial charge in [-0.2, -0.15) is 5.10 Å². The zero-order chi connectivity index (χ0) is 14.9. The summed E-state index contributed by atoms with van der Waals surface area (Å²) in [6.45, 7) is 0. The van der Waals surface area contributed by atoms with Crippen molar-refractivity contribution in [1.29, 1.82) is 0 Å². The maximum atomic E-state index is 5.37. The molecule has 114 valence electrons. The molecule has 3 aliphatic carbocycles. The topological polar surface area (TPSA) is 49.3 Å². The number of allylic oxidation sites excluding steroid dienone is 2. The van der Waals surface area contributed by atoms with Crippen LogP contribution >= 0.6 is 12.2 Å². The molecule has 2 saturated carbocycles. The van der Waals surface area contributed by atoms with Crippen molar-refractivity contribution in [2.75, 3.05) is 0 Å². The van der Waals surface area contributed by atoms with Crippen molar-refractivity contribution >= 4 is 23.5 Å². The van der Waals surface area contributed by atoms with Crippen molar-refractivity contribution in [2.45, 2.75) is 25.3 Å². The van der Waals surface area contributed by atoms with E-state index in [1.54, 1.807) is 18.6 Å². The molecule has 0 amide bonds. The zero-order valence-electron chi connectivity index (χ0n) is 12.4. The van der Waals surface area contributed by atoms with Crippen LogP contribution in [0.25, 0.3) is 0 Å². The van der Waals surface area contributed by atoms with Crippen LogP contribution in [0.2, 0.25) is 0 Å². The van der Waals surface area contributed by atoms with Crippen LogP contribution in [-0.4, -0.2) is 22.4 Å². The highest BCUT2D eigenvalue weighted by Crippen LogP contribution is 2.56. The minimum Gasteiger partial charge on any atom is -0.358 e. The fourth-order valence-corrected chi connectivity index (χ4v) is 4.73. The Balaban J connectivity index is 1.30. The number of nitrogens with zero attached hydrogens (tertiary/aromatic N) is 2. The van der Waals surface area contributed by atoms with Gasteiger partial charge in [0.15, 0.2) is 5.11 Å². The van der Waals surface area contributed by atoms with Crippen LogP contribution in [0.1, 0.15) is 24.8 Å². The van der Waals surface area contributed by atoms with Gasteiger partial charge in [-0.25, -0.2) is 0 Å². The number of hydrogen-bond acceptors (Lipinski definition) is 3. The molecule has 3 aliphatic rings. The van der Waals surface area contributed by atoms with E-state index in [1.165, 1.54) is 19.3 Å². The summed E-state index contributed by atoms with van der Waals surface area (Å²) in [4.78, 5) is 4.05. The molecule has 2 N–H and O–H groups in total. The van der Waals surface area contributed by atoms with Crippen molar-refractivity contribution in [3.8, 4) is 0 Å². The summed E-state index contributed by atoms with van der Waals surface area (Å²) in [5, 5.41) is 8.27. The molecule has 1 aromatic rings. The van der Waals surface area contributed by atoms with E-state index in [0.717, 1.165) is 29.2 Å². The fourth-order valence-electron chi connectivity index (χ4n) is 4.53. The van der Waals surface area contributed by atoms with Crippen LogP contribution in [0.4, 0.5) is 0 Å². The normalized spacial score (nSPS) is 35.0. The first-order valence-corrected chi connectivity index (χ1v) is 8.38. The third-order valence-electron chi connectivity index (χ3n) is 5.39. The second-order valence-corrected chi connectivity index (χ2v) is 6.94. The molecule has 0 radical (unpaired) electrons. The van der Waals surface area contributed by atoms with Gasteiger partial charge in [-0.05, 0) is 61.2 Å². The van der Waals surface area contributed by atoms with Gasteiger partial charge < -0.3 is 5.32 Å². The quantitative estimate of drug-likeness (QED) is 0.390. The number of hydrazone groups is 1. The van der Waals surface area contributed by atoms with Crippen molar-refractivity contribution < 1.29 is 0 Å². The van der Waals surface area contributed by atoms with E-state index in [9.17, 15) is 0 Å². The third-order valence-corrected chi connectivity index (χ3v) is 5.60. The monoisotopic (exact) mass is 312 g/mol. The molecule has 0 unspecified atom stereocenters. The maximum Gasteiger partial charge on any atom is 0.187 e. The second-order valence-electron chi connectivity index (χ2n) is 6.54. The minimum absolute atomic E-state index is 0.502. The predicted molar refractivity (Wildman–Crippen MR) is 91.4 cm³/mol. The van der Waals surface area contributed by atoms with Crippen LogP contribution in [0.3, 0.4) is 0 Å². The molecule has 2 fully saturated rings. The molecule has 4 nitrogen and oxygen atoms in total. The van der Waals surface area contributed by atoms with E-state index in [2.05, 4.69) is 33.0 Å². The molecular weight excluding hydrogens is 292 g/mol. The smallest absolute Gasteiger partial charge is 0.187 e. The Kier molecular flexibility index (Phi) is 3.66. The molecule has 0 aromatic carbocycles. The lowest BCUT2D eigenvalue weighted by Crippen LogP contribution is -2.45. The van der Waals surface area contributed by atoms with Gasteiger partial charge in [0, 0.05) is 24.0 Å². The number of hydrogen-bond donors (Lipinski definition) is 2. The average molecular weight is 312 g/mol. The van der Waals surface area contributed by atoms with Gasteiger partial charge in [0.25, 0.3) is 0 Å². The van der Waals surface area contributed by atoms with Gasteiger partial charge in [0.2, 0.25) is 0 Å². The fraction of sp³-hybridized carbons (Fsp3) is 0.471. The Bertz CT molecular complexity index is 612. The third kappa shape index (κ3) is 2.54. The lowest BCUT2D eigenvalue weighted by molar-refractivity contribution is 0.246. The molecule has 4 rings (SSSR count). The van der Waals surface area contributed by atoms with Crippen molar-refractivity contribution in [3.05, 3.63) is 42.2 Å². The molecule has 0 saturated heterocycles. The lowest BCUT2D eigenvalue weighted by atomic mass is 9.79. The molecular formula is C17H20N4S. The first-order chi connectivity index (χ1) is 10.8. The van der Waals surface area contributed by atoms with Crippen LogP contribution in [0, 0.1) is 23.7 Å². The van der Waals surface area contributed by atoms with E-state index in [4.69, 9.17) is 12.2 Å². The van der Waals surface area contributed by atoms with Gasteiger partial charge in [0.1, 0.15) is 0 Å². The van der Waals surface area contributed by atoms with Crippen LogP contribution in [0.15, 0.2) is 41.8 Å². The molecule has 1 heterocycles. The summed E-state index contributed by atoms with van der Waals surface area (Å²) in [5.74, 6) is 3.31. The van der Waals surface area contributed by atoms with Crippen LogP contribution < -0.4 is 10.7 Å². The van der Waals surface area contributed by atoms with Crippen LogP contribution in [-0.2, 0) is 0 Å². The summed E-state index contributed by atoms with van der Waals surface area (Å²) in [6, 6.07) is 4.35. The highest BCUT2D eigenvalue weighted by atomic mass is 32.1. The SMILES string of the molecule is S=C(N/N=C\c1cccnc1)N[C@H]1C[C@@H]2C[C@H]1[C@H]1C=CC[C@@H]21. The van der Waals surface area contributed by atoms with Gasteiger partial charge in [-0.3, -0.25) is 10.4 Å². The number of fused-ring (bicyclic) bond motifs is 5. The van der Waals surface area contributed by atoms with Gasteiger partial charge in [-0.1, -0.05) is 18.2 Å². The lowest BCUT2D eigenvalue weighted by Gasteiger charge is -2.32. The Labute approximate surface area is 136 Å². The predicted octanol–water partition coefficient (Wildman–Crippen LogP) is 2.48. The number of nitrogens with one attached hydrogen (secondary N) is 2. The van der Waals surface area contributed by atoms with E-state index in [1.807, 2.05) is 12.1 Å². The van der Waals surface area contributed by atoms with Gasteiger partial charge in [0.05, 0.1) is 6.21 Å². The molecule has 0 spiro atoms. The number of pyridine rings is 1. The second kappa shape index (κ2) is 5.80. The largest absolute Gasteiger partial charge is 0.358 e. The minimum atomic E-state index is 0.502. The number of thiocarbonyl (C=S) groups is 1. The molecule has 5 atom stereocenters. The Morgan fingerprint density at radius 3 is 3.18 bits per heavy atom. The summed E-state index contributed by atoms with van der Waals surface area (Å²) >= 11 is 5.37. The number of rotatable bonds is 3. The number of aromatic nitrogens is 1. The highest BCUT2D eigenvalue weighted by molar-refractivity contribution is 7.80. The molecule has 2 bridgehead atoms. The van der Waals surface area contributed by atoms with E-state index < -0.39 is 0 Å². The maximum absolute atomic E-state index is 5.37. The molecule has 22 heavy (non-hydrogen) atoms. The molecule has 0 aliphatic heterocycles. The van der Waals surface area contributed by atoms with E-state index in [-0.39, 0.29) is 0 Å². The first kappa shape index (κ1) is 13.9.